The van der Waals surface area contributed by atoms with E-state index in [1.807, 2.05) is 17.5 Å². The molecule has 0 saturated heterocycles. The average molecular weight is 526 g/mol. The molecule has 0 aliphatic heterocycles. The molecule has 0 atom stereocenters. The number of ether oxygens (including phenoxy) is 1. The first-order valence-electron chi connectivity index (χ1n) is 11.4. The molecule has 2 amide bonds. The van der Waals surface area contributed by atoms with Crippen molar-refractivity contribution in [1.82, 2.24) is 4.98 Å². The number of amides is 2. The third kappa shape index (κ3) is 6.53. The standard InChI is InChI=1S/C26H27N5O3S.ClH/c1-34-22-12-10-21(11-13-22)31(25(33)19-4-2-17(14-27)3-5-19)15-24(32)29-20-8-6-18(7-9-20)23-16-35-26(28)30-23;/h6-13,16-17,19H,2-5,15H2,1H3,(H2,28,30)(H,29,32);1H. The number of nitrogens with one attached hydrogen (secondary N) is 1. The van der Waals surface area contributed by atoms with Gasteiger partial charge in [0.05, 0.1) is 18.9 Å². The Morgan fingerprint density at radius 1 is 1.14 bits per heavy atom. The van der Waals surface area contributed by atoms with Crippen LogP contribution < -0.4 is 20.7 Å². The number of nitrogens with zero attached hydrogens (tertiary/aromatic N) is 3. The van der Waals surface area contributed by atoms with Gasteiger partial charge in [-0.2, -0.15) is 5.26 Å². The van der Waals surface area contributed by atoms with E-state index in [-0.39, 0.29) is 42.6 Å². The molecule has 1 aromatic heterocycles. The largest absolute Gasteiger partial charge is 0.497 e. The first-order chi connectivity index (χ1) is 17.0. The lowest BCUT2D eigenvalue weighted by Crippen LogP contribution is -2.42. The molecule has 0 bridgehead atoms. The van der Waals surface area contributed by atoms with Gasteiger partial charge in [0.15, 0.2) is 5.13 Å². The molecule has 0 spiro atoms. The summed E-state index contributed by atoms with van der Waals surface area (Å²) in [6.45, 7) is -0.117. The molecule has 4 rings (SSSR count). The van der Waals surface area contributed by atoms with Gasteiger partial charge in [0.2, 0.25) is 11.8 Å². The highest BCUT2D eigenvalue weighted by molar-refractivity contribution is 7.13. The number of carbonyl (C=O) groups excluding carboxylic acids is 2. The number of thiazole rings is 1. The van der Waals surface area contributed by atoms with Crippen LogP contribution in [0.5, 0.6) is 5.75 Å². The van der Waals surface area contributed by atoms with Gasteiger partial charge in [-0.15, -0.1) is 23.7 Å². The molecule has 1 fully saturated rings. The highest BCUT2D eigenvalue weighted by atomic mass is 35.5. The first kappa shape index (κ1) is 27.0. The number of rotatable bonds is 7. The molecule has 188 valence electrons. The molecular formula is C26H28ClN5O3S. The van der Waals surface area contributed by atoms with Crippen molar-refractivity contribution in [2.75, 3.05) is 29.6 Å². The predicted octanol–water partition coefficient (Wildman–Crippen LogP) is 5.12. The molecule has 10 heteroatoms. The smallest absolute Gasteiger partial charge is 0.244 e. The second kappa shape index (κ2) is 12.4. The number of hydrogen-bond acceptors (Lipinski definition) is 7. The minimum Gasteiger partial charge on any atom is -0.497 e. The Labute approximate surface area is 220 Å². The van der Waals surface area contributed by atoms with Crippen LogP contribution in [-0.4, -0.2) is 30.5 Å². The minimum atomic E-state index is -0.300. The van der Waals surface area contributed by atoms with Gasteiger partial charge in [0, 0.05) is 34.2 Å². The number of benzene rings is 2. The van der Waals surface area contributed by atoms with Gasteiger partial charge in [0.25, 0.3) is 0 Å². The molecule has 8 nitrogen and oxygen atoms in total. The Kier molecular flexibility index (Phi) is 9.28. The number of aromatic nitrogens is 1. The number of nitrogen functional groups attached to an aromatic ring is 1. The predicted molar refractivity (Wildman–Crippen MR) is 144 cm³/mol. The third-order valence-electron chi connectivity index (χ3n) is 6.20. The maximum Gasteiger partial charge on any atom is 0.244 e. The Morgan fingerprint density at radius 2 is 1.81 bits per heavy atom. The van der Waals surface area contributed by atoms with Crippen LogP contribution in [0.4, 0.5) is 16.5 Å². The van der Waals surface area contributed by atoms with Gasteiger partial charge in [-0.1, -0.05) is 12.1 Å². The van der Waals surface area contributed by atoms with E-state index in [0.717, 1.165) is 11.3 Å². The van der Waals surface area contributed by atoms with Crippen LogP contribution in [0.25, 0.3) is 11.3 Å². The molecule has 3 N–H and O–H groups in total. The summed E-state index contributed by atoms with van der Waals surface area (Å²) in [7, 11) is 1.58. The fraction of sp³-hybridized carbons (Fsp3) is 0.308. The zero-order valence-corrected chi connectivity index (χ0v) is 21.5. The van der Waals surface area contributed by atoms with Gasteiger partial charge in [-0.3, -0.25) is 9.59 Å². The molecule has 1 saturated carbocycles. The quantitative estimate of drug-likeness (QED) is 0.441. The molecule has 2 aromatic carbocycles. The number of hydrogen-bond donors (Lipinski definition) is 2. The van der Waals surface area contributed by atoms with E-state index < -0.39 is 0 Å². The zero-order valence-electron chi connectivity index (χ0n) is 19.8. The normalized spacial score (nSPS) is 16.8. The Morgan fingerprint density at radius 3 is 2.36 bits per heavy atom. The van der Waals surface area contributed by atoms with Crippen LogP contribution in [0.3, 0.4) is 0 Å². The Balaban J connectivity index is 0.00000361. The summed E-state index contributed by atoms with van der Waals surface area (Å²) in [6, 6.07) is 16.7. The van der Waals surface area contributed by atoms with Crippen molar-refractivity contribution < 1.29 is 14.3 Å². The Hall–Kier alpha value is -3.61. The summed E-state index contributed by atoms with van der Waals surface area (Å²) in [5.41, 5.74) is 8.65. The molecule has 3 aromatic rings. The van der Waals surface area contributed by atoms with Crippen LogP contribution >= 0.6 is 23.7 Å². The maximum absolute atomic E-state index is 13.5. The number of methoxy groups -OCH3 is 1. The average Bonchev–Trinajstić information content (AvgIpc) is 3.33. The molecular weight excluding hydrogens is 498 g/mol. The summed E-state index contributed by atoms with van der Waals surface area (Å²) in [5, 5.41) is 14.4. The summed E-state index contributed by atoms with van der Waals surface area (Å²) in [4.78, 5) is 32.2. The second-order valence-corrected chi connectivity index (χ2v) is 9.39. The maximum atomic E-state index is 13.5. The lowest BCUT2D eigenvalue weighted by molar-refractivity contribution is -0.125. The summed E-state index contributed by atoms with van der Waals surface area (Å²) < 4.78 is 5.23. The lowest BCUT2D eigenvalue weighted by atomic mass is 9.82. The molecule has 1 aliphatic carbocycles. The zero-order chi connectivity index (χ0) is 24.8. The van der Waals surface area contributed by atoms with Gasteiger partial charge in [0.1, 0.15) is 12.3 Å². The van der Waals surface area contributed by atoms with Gasteiger partial charge in [-0.05, 0) is 62.1 Å². The van der Waals surface area contributed by atoms with Crippen LogP contribution in [0.2, 0.25) is 0 Å². The van der Waals surface area contributed by atoms with Crippen LogP contribution in [-0.2, 0) is 9.59 Å². The number of carbonyl (C=O) groups is 2. The molecule has 1 heterocycles. The number of halogens is 1. The molecule has 36 heavy (non-hydrogen) atoms. The van der Waals surface area contributed by atoms with E-state index in [1.165, 1.54) is 16.2 Å². The summed E-state index contributed by atoms with van der Waals surface area (Å²) in [6.07, 6.45) is 2.70. The van der Waals surface area contributed by atoms with Gasteiger partial charge >= 0.3 is 0 Å². The van der Waals surface area contributed by atoms with Crippen molar-refractivity contribution in [1.29, 1.82) is 5.26 Å². The number of nitriles is 1. The second-order valence-electron chi connectivity index (χ2n) is 8.50. The highest BCUT2D eigenvalue weighted by Crippen LogP contribution is 2.31. The minimum absolute atomic E-state index is 0. The molecule has 1 aliphatic rings. The fourth-order valence-corrected chi connectivity index (χ4v) is 4.81. The van der Waals surface area contributed by atoms with Crippen LogP contribution in [0.15, 0.2) is 53.9 Å². The number of anilines is 3. The van der Waals surface area contributed by atoms with E-state index in [1.54, 1.807) is 43.5 Å². The Bertz CT molecular complexity index is 1220. The van der Waals surface area contributed by atoms with Crippen LogP contribution in [0.1, 0.15) is 25.7 Å². The molecule has 0 radical (unpaired) electrons. The van der Waals surface area contributed by atoms with Gasteiger partial charge < -0.3 is 20.7 Å². The SMILES string of the molecule is COc1ccc(N(CC(=O)Nc2ccc(-c3csc(N)n3)cc2)C(=O)C2CCC(C#N)CC2)cc1.Cl. The number of nitrogens with two attached hydrogens (primary N) is 1. The summed E-state index contributed by atoms with van der Waals surface area (Å²) >= 11 is 1.37. The van der Waals surface area contributed by atoms with Crippen molar-refractivity contribution in [3.63, 3.8) is 0 Å². The van der Waals surface area contributed by atoms with E-state index >= 15 is 0 Å². The fourth-order valence-electron chi connectivity index (χ4n) is 4.24. The van der Waals surface area contributed by atoms with E-state index in [9.17, 15) is 14.9 Å². The molecule has 0 unspecified atom stereocenters. The topological polar surface area (TPSA) is 121 Å². The highest BCUT2D eigenvalue weighted by Gasteiger charge is 2.31. The van der Waals surface area contributed by atoms with E-state index in [4.69, 9.17) is 10.5 Å². The first-order valence-corrected chi connectivity index (χ1v) is 12.3. The van der Waals surface area contributed by atoms with Crippen molar-refractivity contribution in [2.24, 2.45) is 11.8 Å². The van der Waals surface area contributed by atoms with Gasteiger partial charge in [-0.25, -0.2) is 4.98 Å². The third-order valence-corrected chi connectivity index (χ3v) is 6.87. The van der Waals surface area contributed by atoms with Crippen molar-refractivity contribution in [2.45, 2.75) is 25.7 Å². The monoisotopic (exact) mass is 525 g/mol. The van der Waals surface area contributed by atoms with Crippen molar-refractivity contribution >= 4 is 52.1 Å². The lowest BCUT2D eigenvalue weighted by Gasteiger charge is -2.30. The summed E-state index contributed by atoms with van der Waals surface area (Å²) in [5.74, 6) is 0.0607. The van der Waals surface area contributed by atoms with E-state index in [2.05, 4.69) is 16.4 Å². The van der Waals surface area contributed by atoms with Crippen molar-refractivity contribution in [3.8, 4) is 23.1 Å². The van der Waals surface area contributed by atoms with Crippen LogP contribution in [0, 0.1) is 23.2 Å². The van der Waals surface area contributed by atoms with E-state index in [0.29, 0.717) is 47.9 Å². The van der Waals surface area contributed by atoms with Crippen molar-refractivity contribution in [3.05, 3.63) is 53.9 Å².